The van der Waals surface area contributed by atoms with Crippen molar-refractivity contribution < 1.29 is 4.42 Å². The van der Waals surface area contributed by atoms with Crippen LogP contribution in [0, 0.1) is 0 Å². The number of thiophene rings is 1. The molecule has 224 valence electrons. The summed E-state index contributed by atoms with van der Waals surface area (Å²) in [6, 6.07) is 59.8. The van der Waals surface area contributed by atoms with Gasteiger partial charge in [-0.15, -0.1) is 11.3 Å². The molecule has 0 aliphatic heterocycles. The topological polar surface area (TPSA) is 13.1 Å². The summed E-state index contributed by atoms with van der Waals surface area (Å²) < 4.78 is 8.31. The van der Waals surface area contributed by atoms with E-state index in [1.54, 1.807) is 6.26 Å². The molecule has 48 heavy (non-hydrogen) atoms. The van der Waals surface area contributed by atoms with Crippen LogP contribution < -0.4 is 0 Å². The Labute approximate surface area is 282 Å². The van der Waals surface area contributed by atoms with Gasteiger partial charge in [0.25, 0.3) is 0 Å². The minimum Gasteiger partial charge on any atom is -0.464 e. The number of hydrogen-bond donors (Lipinski definition) is 0. The van der Waals surface area contributed by atoms with E-state index in [2.05, 4.69) is 158 Å². The van der Waals surface area contributed by atoms with E-state index < -0.39 is 0 Å². The molecule has 0 unspecified atom stereocenters. The summed E-state index contributed by atoms with van der Waals surface area (Å²) in [6.07, 6.45) is 1.77. The van der Waals surface area contributed by atoms with Crippen LogP contribution in [-0.2, 0) is 0 Å². The molecule has 0 amide bonds. The average molecular weight is 629 g/mol. The van der Waals surface area contributed by atoms with Gasteiger partial charge in [-0.25, -0.2) is 0 Å². The number of furan rings is 1. The lowest BCUT2D eigenvalue weighted by atomic mass is 9.95. The molecule has 2 heteroatoms. The smallest absolute Gasteiger partial charge is 0.134 e. The second-order valence-electron chi connectivity index (χ2n) is 12.6. The predicted octanol–water partition coefficient (Wildman–Crippen LogP) is 13.8. The van der Waals surface area contributed by atoms with Crippen molar-refractivity contribution in [3.63, 3.8) is 0 Å². The van der Waals surface area contributed by atoms with E-state index in [1.165, 1.54) is 86.2 Å². The highest BCUT2D eigenvalue weighted by Gasteiger charge is 2.14. The minimum atomic E-state index is 0.914. The van der Waals surface area contributed by atoms with E-state index in [0.717, 1.165) is 11.0 Å². The molecule has 0 atom stereocenters. The number of hydrogen-bond acceptors (Lipinski definition) is 2. The Morgan fingerprint density at radius 1 is 0.354 bits per heavy atom. The van der Waals surface area contributed by atoms with Crippen LogP contribution in [-0.4, -0.2) is 0 Å². The molecule has 0 radical (unpaired) electrons. The van der Waals surface area contributed by atoms with E-state index in [-0.39, 0.29) is 0 Å². The molecule has 0 fully saturated rings. The minimum absolute atomic E-state index is 0.914. The van der Waals surface area contributed by atoms with Crippen molar-refractivity contribution in [1.82, 2.24) is 0 Å². The zero-order chi connectivity index (χ0) is 31.6. The van der Waals surface area contributed by atoms with Crippen LogP contribution in [0.5, 0.6) is 0 Å². The Kier molecular flexibility index (Phi) is 6.12. The maximum Gasteiger partial charge on any atom is 0.134 e. The van der Waals surface area contributed by atoms with Crippen molar-refractivity contribution in [1.29, 1.82) is 0 Å². The van der Waals surface area contributed by atoms with Crippen molar-refractivity contribution in [2.24, 2.45) is 0 Å². The lowest BCUT2D eigenvalue weighted by Gasteiger charge is -2.09. The van der Waals surface area contributed by atoms with Crippen LogP contribution in [0.4, 0.5) is 0 Å². The first kappa shape index (κ1) is 27.2. The second kappa shape index (κ2) is 10.8. The summed E-state index contributed by atoms with van der Waals surface area (Å²) >= 11 is 1.88. The fourth-order valence-electron chi connectivity index (χ4n) is 7.28. The highest BCUT2D eigenvalue weighted by atomic mass is 32.1. The molecule has 8 aromatic carbocycles. The number of benzene rings is 8. The Bertz CT molecular complexity index is 2850. The van der Waals surface area contributed by atoms with E-state index in [4.69, 9.17) is 4.42 Å². The van der Waals surface area contributed by atoms with Crippen LogP contribution in [0.25, 0.3) is 97.2 Å². The zero-order valence-electron chi connectivity index (χ0n) is 26.0. The third-order valence-corrected chi connectivity index (χ3v) is 11.0. The molecule has 0 aliphatic carbocycles. The van der Waals surface area contributed by atoms with E-state index in [0.29, 0.717) is 0 Å². The van der Waals surface area contributed by atoms with Gasteiger partial charge in [0.15, 0.2) is 0 Å². The van der Waals surface area contributed by atoms with E-state index >= 15 is 0 Å². The van der Waals surface area contributed by atoms with Crippen LogP contribution in [0.3, 0.4) is 0 Å². The number of rotatable bonds is 4. The van der Waals surface area contributed by atoms with Gasteiger partial charge in [-0.3, -0.25) is 0 Å². The second-order valence-corrected chi connectivity index (χ2v) is 13.6. The summed E-state index contributed by atoms with van der Waals surface area (Å²) in [4.78, 5) is 0. The third-order valence-electron chi connectivity index (χ3n) is 9.73. The maximum atomic E-state index is 5.68. The first-order valence-corrected chi connectivity index (χ1v) is 17.1. The summed E-state index contributed by atoms with van der Waals surface area (Å²) in [7, 11) is 0. The van der Waals surface area contributed by atoms with Gasteiger partial charge in [0, 0.05) is 25.6 Å². The molecule has 10 aromatic rings. The van der Waals surface area contributed by atoms with Crippen LogP contribution in [0.2, 0.25) is 0 Å². The van der Waals surface area contributed by atoms with Gasteiger partial charge < -0.3 is 4.42 Å². The molecule has 2 aromatic heterocycles. The molecule has 1 nitrogen and oxygen atoms in total. The Morgan fingerprint density at radius 3 is 1.75 bits per heavy atom. The van der Waals surface area contributed by atoms with Gasteiger partial charge in [0.1, 0.15) is 5.58 Å². The lowest BCUT2D eigenvalue weighted by Crippen LogP contribution is -1.83. The normalized spacial score (nSPS) is 11.8. The Morgan fingerprint density at radius 2 is 0.958 bits per heavy atom. The Hall–Kier alpha value is -5.96. The lowest BCUT2D eigenvalue weighted by molar-refractivity contribution is 0.616. The number of fused-ring (bicyclic) bond motifs is 6. The highest BCUT2D eigenvalue weighted by molar-refractivity contribution is 7.26. The SMILES string of the molecule is c1cc(-c2cccc3occc23)cc(-c2cccc3c2sc2ccc(-c4ccc5cc(-c6ccc7ccccc7c6)ccc5c4)cc23)c1. The first-order valence-electron chi connectivity index (χ1n) is 16.3. The summed E-state index contributed by atoms with van der Waals surface area (Å²) in [5.74, 6) is 0. The largest absolute Gasteiger partial charge is 0.464 e. The van der Waals surface area contributed by atoms with Gasteiger partial charge in [-0.05, 0) is 115 Å². The van der Waals surface area contributed by atoms with E-state index in [9.17, 15) is 0 Å². The third kappa shape index (κ3) is 4.45. The molecule has 0 N–H and O–H groups in total. The monoisotopic (exact) mass is 628 g/mol. The fourth-order valence-corrected chi connectivity index (χ4v) is 8.50. The average Bonchev–Trinajstić information content (AvgIpc) is 3.79. The highest BCUT2D eigenvalue weighted by Crippen LogP contribution is 2.42. The Balaban J connectivity index is 1.02. The van der Waals surface area contributed by atoms with Crippen LogP contribution in [0.1, 0.15) is 0 Å². The molecule has 0 saturated carbocycles. The van der Waals surface area contributed by atoms with E-state index in [1.807, 2.05) is 17.4 Å². The summed E-state index contributed by atoms with van der Waals surface area (Å²) in [5.41, 5.74) is 10.8. The van der Waals surface area contributed by atoms with Crippen LogP contribution >= 0.6 is 11.3 Å². The molecule has 0 bridgehead atoms. The molecule has 0 saturated heterocycles. The van der Waals surface area contributed by atoms with Gasteiger partial charge in [0.2, 0.25) is 0 Å². The molecular weight excluding hydrogens is 601 g/mol. The molecular formula is C46H28OS. The fraction of sp³-hybridized carbons (Fsp3) is 0. The molecule has 0 spiro atoms. The van der Waals surface area contributed by atoms with Gasteiger partial charge in [0.05, 0.1) is 6.26 Å². The maximum absolute atomic E-state index is 5.68. The van der Waals surface area contributed by atoms with Crippen LogP contribution in [0.15, 0.2) is 174 Å². The quantitative estimate of drug-likeness (QED) is 0.189. The summed E-state index contributed by atoms with van der Waals surface area (Å²) in [6.45, 7) is 0. The van der Waals surface area contributed by atoms with Crippen molar-refractivity contribution >= 4 is 64.0 Å². The molecule has 0 aliphatic rings. The standard InChI is InChI=1S/C46H28OS/c1-2-7-30-24-31(15-14-29(30)6-1)32-16-17-34-26-35(19-18-33(34)25-32)36-20-21-45-43(28-36)42-12-4-11-40(46(42)48-45)38-9-3-8-37(27-38)39-10-5-13-44-41(39)22-23-47-44/h1-28H. The van der Waals surface area contributed by atoms with Gasteiger partial charge in [-0.1, -0.05) is 115 Å². The molecule has 2 heterocycles. The van der Waals surface area contributed by atoms with Crippen molar-refractivity contribution in [2.75, 3.05) is 0 Å². The summed E-state index contributed by atoms with van der Waals surface area (Å²) in [5, 5.41) is 8.79. The first-order chi connectivity index (χ1) is 23.7. The van der Waals surface area contributed by atoms with Gasteiger partial charge in [-0.2, -0.15) is 0 Å². The predicted molar refractivity (Wildman–Crippen MR) is 206 cm³/mol. The zero-order valence-corrected chi connectivity index (χ0v) is 26.8. The van der Waals surface area contributed by atoms with Gasteiger partial charge >= 0.3 is 0 Å². The van der Waals surface area contributed by atoms with Crippen molar-refractivity contribution in [3.05, 3.63) is 170 Å². The van der Waals surface area contributed by atoms with Crippen molar-refractivity contribution in [2.45, 2.75) is 0 Å². The molecule has 10 rings (SSSR count). The van der Waals surface area contributed by atoms with Crippen molar-refractivity contribution in [3.8, 4) is 44.5 Å².